The van der Waals surface area contributed by atoms with E-state index in [-0.39, 0.29) is 16.3 Å². The predicted octanol–water partition coefficient (Wildman–Crippen LogP) is 2.43. The third-order valence-electron chi connectivity index (χ3n) is 2.28. The predicted molar refractivity (Wildman–Crippen MR) is 67.5 cm³/mol. The molecule has 0 aliphatic rings. The third kappa shape index (κ3) is 3.64. The molecule has 0 spiro atoms. The van der Waals surface area contributed by atoms with Gasteiger partial charge in [0, 0.05) is 23.0 Å². The van der Waals surface area contributed by atoms with Gasteiger partial charge in [0.05, 0.1) is 16.0 Å². The Morgan fingerprint density at radius 1 is 1.47 bits per heavy atom. The SMILES string of the molecule is O=[N+]([O-])c1ccc(C(O)C(O)CCBr)c(Cl)c1. The van der Waals surface area contributed by atoms with Crippen molar-refractivity contribution in [3.05, 3.63) is 38.9 Å². The summed E-state index contributed by atoms with van der Waals surface area (Å²) in [6.07, 6.45) is -1.76. The zero-order valence-electron chi connectivity index (χ0n) is 8.72. The molecule has 0 aliphatic carbocycles. The average molecular weight is 325 g/mol. The zero-order valence-corrected chi connectivity index (χ0v) is 11.1. The van der Waals surface area contributed by atoms with Crippen molar-refractivity contribution in [2.45, 2.75) is 18.6 Å². The van der Waals surface area contributed by atoms with Crippen molar-refractivity contribution in [2.24, 2.45) is 0 Å². The Bertz CT molecular complexity index is 415. The van der Waals surface area contributed by atoms with Crippen LogP contribution in [0.2, 0.25) is 5.02 Å². The number of hydrogen-bond acceptors (Lipinski definition) is 4. The Balaban J connectivity index is 2.95. The van der Waals surface area contributed by atoms with Gasteiger partial charge in [-0.25, -0.2) is 0 Å². The molecule has 1 aromatic rings. The van der Waals surface area contributed by atoms with Gasteiger partial charge < -0.3 is 10.2 Å². The van der Waals surface area contributed by atoms with E-state index in [9.17, 15) is 20.3 Å². The van der Waals surface area contributed by atoms with Crippen LogP contribution in [0.3, 0.4) is 0 Å². The van der Waals surface area contributed by atoms with Crippen LogP contribution in [-0.2, 0) is 0 Å². The lowest BCUT2D eigenvalue weighted by molar-refractivity contribution is -0.384. The normalized spacial score (nSPS) is 14.4. The number of nitro benzene ring substituents is 1. The first-order valence-electron chi connectivity index (χ1n) is 4.83. The van der Waals surface area contributed by atoms with Crippen molar-refractivity contribution in [3.8, 4) is 0 Å². The number of non-ortho nitro benzene ring substituents is 1. The first-order chi connectivity index (χ1) is 7.97. The smallest absolute Gasteiger partial charge is 0.270 e. The van der Waals surface area contributed by atoms with Crippen LogP contribution < -0.4 is 0 Å². The molecule has 0 saturated carbocycles. The van der Waals surface area contributed by atoms with E-state index in [0.29, 0.717) is 11.8 Å². The number of hydrogen-bond donors (Lipinski definition) is 2. The van der Waals surface area contributed by atoms with Crippen LogP contribution in [0.5, 0.6) is 0 Å². The van der Waals surface area contributed by atoms with Gasteiger partial charge in [-0.05, 0) is 12.5 Å². The molecule has 1 rings (SSSR count). The highest BCUT2D eigenvalue weighted by Crippen LogP contribution is 2.29. The molecule has 17 heavy (non-hydrogen) atoms. The van der Waals surface area contributed by atoms with Crippen molar-refractivity contribution in [1.82, 2.24) is 0 Å². The van der Waals surface area contributed by atoms with Gasteiger partial charge in [0.1, 0.15) is 6.10 Å². The van der Waals surface area contributed by atoms with E-state index < -0.39 is 17.1 Å². The molecule has 2 N–H and O–H groups in total. The number of aliphatic hydroxyl groups excluding tert-OH is 2. The summed E-state index contributed by atoms with van der Waals surface area (Å²) in [6.45, 7) is 0. The van der Waals surface area contributed by atoms with Gasteiger partial charge >= 0.3 is 0 Å². The number of alkyl halides is 1. The fourth-order valence-electron chi connectivity index (χ4n) is 1.35. The molecule has 0 heterocycles. The first-order valence-corrected chi connectivity index (χ1v) is 6.33. The topological polar surface area (TPSA) is 83.6 Å². The van der Waals surface area contributed by atoms with Crippen LogP contribution in [0, 0.1) is 10.1 Å². The van der Waals surface area contributed by atoms with Crippen LogP contribution in [-0.4, -0.2) is 26.6 Å². The number of nitrogens with zero attached hydrogens (tertiary/aromatic N) is 1. The molecule has 0 aliphatic heterocycles. The van der Waals surface area contributed by atoms with Crippen LogP contribution >= 0.6 is 27.5 Å². The highest BCUT2D eigenvalue weighted by Gasteiger charge is 2.21. The van der Waals surface area contributed by atoms with Gasteiger partial charge in [0.25, 0.3) is 5.69 Å². The standard InChI is InChI=1S/C10H11BrClNO4/c11-4-3-9(14)10(15)7-2-1-6(13(16)17)5-8(7)12/h1-2,5,9-10,14-15H,3-4H2. The maximum atomic E-state index is 10.5. The second kappa shape index (κ2) is 6.30. The number of benzene rings is 1. The summed E-state index contributed by atoms with van der Waals surface area (Å²) in [4.78, 5) is 9.93. The monoisotopic (exact) mass is 323 g/mol. The lowest BCUT2D eigenvalue weighted by Crippen LogP contribution is -2.18. The number of rotatable bonds is 5. The van der Waals surface area contributed by atoms with Gasteiger partial charge in [-0.1, -0.05) is 27.5 Å². The summed E-state index contributed by atoms with van der Waals surface area (Å²) >= 11 is 8.97. The molecule has 7 heteroatoms. The quantitative estimate of drug-likeness (QED) is 0.495. The van der Waals surface area contributed by atoms with Gasteiger partial charge in [-0.3, -0.25) is 10.1 Å². The fraction of sp³-hybridized carbons (Fsp3) is 0.400. The van der Waals surface area contributed by atoms with E-state index >= 15 is 0 Å². The lowest BCUT2D eigenvalue weighted by atomic mass is 10.0. The molecule has 2 unspecified atom stereocenters. The Labute approximate surface area is 111 Å². The molecule has 5 nitrogen and oxygen atoms in total. The zero-order chi connectivity index (χ0) is 13.0. The first kappa shape index (κ1) is 14.4. The average Bonchev–Trinajstić information content (AvgIpc) is 2.28. The Hall–Kier alpha value is -0.690. The van der Waals surface area contributed by atoms with Crippen LogP contribution in [0.1, 0.15) is 18.1 Å². The highest BCUT2D eigenvalue weighted by atomic mass is 79.9. The molecule has 1 aromatic carbocycles. The van der Waals surface area contributed by atoms with E-state index in [1.54, 1.807) is 0 Å². The Morgan fingerprint density at radius 3 is 2.59 bits per heavy atom. The summed E-state index contributed by atoms with van der Waals surface area (Å²) in [5.74, 6) is 0. The molecule has 2 atom stereocenters. The van der Waals surface area contributed by atoms with Gasteiger partial charge in [-0.15, -0.1) is 0 Å². The lowest BCUT2D eigenvalue weighted by Gasteiger charge is -2.18. The summed E-state index contributed by atoms with van der Waals surface area (Å²) < 4.78 is 0. The van der Waals surface area contributed by atoms with Crippen molar-refractivity contribution < 1.29 is 15.1 Å². The van der Waals surface area contributed by atoms with Gasteiger partial charge in [0.2, 0.25) is 0 Å². The second-order valence-electron chi connectivity index (χ2n) is 3.45. The van der Waals surface area contributed by atoms with Gasteiger partial charge in [-0.2, -0.15) is 0 Å². The highest BCUT2D eigenvalue weighted by molar-refractivity contribution is 9.09. The van der Waals surface area contributed by atoms with E-state index in [4.69, 9.17) is 11.6 Å². The van der Waals surface area contributed by atoms with Crippen molar-refractivity contribution in [2.75, 3.05) is 5.33 Å². The summed E-state index contributed by atoms with van der Waals surface area (Å²) in [5.41, 5.74) is 0.131. The molecular formula is C10H11BrClNO4. The van der Waals surface area contributed by atoms with E-state index in [1.165, 1.54) is 12.1 Å². The largest absolute Gasteiger partial charge is 0.390 e. The number of aliphatic hydroxyl groups is 2. The summed E-state index contributed by atoms with van der Waals surface area (Å²) in [7, 11) is 0. The van der Waals surface area contributed by atoms with Crippen LogP contribution in [0.4, 0.5) is 5.69 Å². The molecule has 0 fully saturated rings. The number of halogens is 2. The van der Waals surface area contributed by atoms with Crippen LogP contribution in [0.25, 0.3) is 0 Å². The maximum Gasteiger partial charge on any atom is 0.270 e. The van der Waals surface area contributed by atoms with Gasteiger partial charge in [0.15, 0.2) is 0 Å². The summed E-state index contributed by atoms with van der Waals surface area (Å²) in [5, 5.41) is 30.5. The molecule has 94 valence electrons. The van der Waals surface area contributed by atoms with E-state index in [2.05, 4.69) is 15.9 Å². The molecule has 0 saturated heterocycles. The van der Waals surface area contributed by atoms with E-state index in [0.717, 1.165) is 6.07 Å². The minimum atomic E-state index is -1.15. The van der Waals surface area contributed by atoms with Crippen LogP contribution in [0.15, 0.2) is 18.2 Å². The second-order valence-corrected chi connectivity index (χ2v) is 4.65. The third-order valence-corrected chi connectivity index (χ3v) is 3.07. The Kier molecular flexibility index (Phi) is 5.32. The minimum Gasteiger partial charge on any atom is -0.390 e. The van der Waals surface area contributed by atoms with E-state index in [1.807, 2.05) is 0 Å². The Morgan fingerprint density at radius 2 is 2.12 bits per heavy atom. The van der Waals surface area contributed by atoms with Crippen molar-refractivity contribution >= 4 is 33.2 Å². The molecule has 0 aromatic heterocycles. The maximum absolute atomic E-state index is 10.5. The molecule has 0 radical (unpaired) electrons. The fourth-order valence-corrected chi connectivity index (χ4v) is 2.10. The number of nitro groups is 1. The van der Waals surface area contributed by atoms with Crippen molar-refractivity contribution in [3.63, 3.8) is 0 Å². The van der Waals surface area contributed by atoms with Crippen molar-refractivity contribution in [1.29, 1.82) is 0 Å². The summed E-state index contributed by atoms with van der Waals surface area (Å²) in [6, 6.07) is 3.74. The molecule has 0 bridgehead atoms. The molecule has 0 amide bonds. The molecular weight excluding hydrogens is 313 g/mol. The minimum absolute atomic E-state index is 0.0697.